The molecular weight excluding hydrogens is 224 g/mol. The van der Waals surface area contributed by atoms with Crippen molar-refractivity contribution in [2.24, 2.45) is 0 Å². The van der Waals surface area contributed by atoms with E-state index in [1.807, 2.05) is 0 Å². The lowest BCUT2D eigenvalue weighted by Gasteiger charge is -2.19. The van der Waals surface area contributed by atoms with Crippen molar-refractivity contribution in [3.8, 4) is 17.2 Å². The van der Waals surface area contributed by atoms with E-state index in [-0.39, 0.29) is 10.8 Å². The molecule has 5 nitrogen and oxygen atoms in total. The van der Waals surface area contributed by atoms with Crippen LogP contribution in [0.5, 0.6) is 17.2 Å². The topological polar surface area (TPSA) is 65.0 Å². The lowest BCUT2D eigenvalue weighted by Crippen LogP contribution is -2.16. The molecule has 1 aliphatic heterocycles. The fourth-order valence-electron chi connectivity index (χ4n) is 1.25. The summed E-state index contributed by atoms with van der Waals surface area (Å²) in [5.74, 6) is 0.919. The molecule has 1 N–H and O–H groups in total. The SMILES string of the molecule is O=C(O)Oc1cc(Cl)c2c(c1)OCCO2. The predicted octanol–water partition coefficient (Wildman–Crippen LogP) is 2.17. The van der Waals surface area contributed by atoms with Crippen LogP contribution in [0.2, 0.25) is 5.02 Å². The number of carboxylic acid groups (broad SMARTS) is 1. The van der Waals surface area contributed by atoms with Crippen LogP contribution in [-0.4, -0.2) is 24.5 Å². The molecule has 2 rings (SSSR count). The Morgan fingerprint density at radius 3 is 2.87 bits per heavy atom. The highest BCUT2D eigenvalue weighted by molar-refractivity contribution is 6.32. The maximum atomic E-state index is 10.3. The highest BCUT2D eigenvalue weighted by Crippen LogP contribution is 2.40. The molecule has 0 saturated heterocycles. The van der Waals surface area contributed by atoms with Gasteiger partial charge in [0, 0.05) is 12.1 Å². The van der Waals surface area contributed by atoms with Crippen LogP contribution < -0.4 is 14.2 Å². The number of rotatable bonds is 1. The zero-order valence-electron chi connectivity index (χ0n) is 7.53. The average Bonchev–Trinajstić information content (AvgIpc) is 2.16. The summed E-state index contributed by atoms with van der Waals surface area (Å²) in [5, 5.41) is 8.69. The van der Waals surface area contributed by atoms with Gasteiger partial charge in [0.15, 0.2) is 11.5 Å². The minimum atomic E-state index is -1.40. The Hall–Kier alpha value is -1.62. The van der Waals surface area contributed by atoms with Gasteiger partial charge in [-0.05, 0) is 0 Å². The first-order valence-corrected chi connectivity index (χ1v) is 4.54. The van der Waals surface area contributed by atoms with Crippen LogP contribution in [0.4, 0.5) is 4.79 Å². The Morgan fingerprint density at radius 1 is 1.40 bits per heavy atom. The molecule has 80 valence electrons. The standard InChI is InChI=1S/C9H7ClO5/c10-6-3-5(15-9(11)12)4-7-8(6)14-2-1-13-7/h3-4H,1-2H2,(H,11,12). The molecule has 0 unspecified atom stereocenters. The molecule has 1 heterocycles. The first-order chi connectivity index (χ1) is 7.16. The first kappa shape index (κ1) is 9.92. The summed E-state index contributed by atoms with van der Waals surface area (Å²) in [7, 11) is 0. The molecule has 1 aromatic carbocycles. The Bertz CT molecular complexity index is 404. The molecule has 6 heteroatoms. The van der Waals surface area contributed by atoms with Gasteiger partial charge in [-0.2, -0.15) is 0 Å². The van der Waals surface area contributed by atoms with Crippen molar-refractivity contribution in [2.75, 3.05) is 13.2 Å². The summed E-state index contributed by atoms with van der Waals surface area (Å²) >= 11 is 5.85. The van der Waals surface area contributed by atoms with Crippen molar-refractivity contribution in [1.82, 2.24) is 0 Å². The summed E-state index contributed by atoms with van der Waals surface area (Å²) < 4.78 is 15.0. The zero-order chi connectivity index (χ0) is 10.8. The summed E-state index contributed by atoms with van der Waals surface area (Å²) in [4.78, 5) is 10.3. The second kappa shape index (κ2) is 3.86. The minimum absolute atomic E-state index is 0.108. The Kier molecular flexibility index (Phi) is 2.55. The van der Waals surface area contributed by atoms with Gasteiger partial charge < -0.3 is 19.3 Å². The van der Waals surface area contributed by atoms with E-state index in [0.29, 0.717) is 24.7 Å². The fourth-order valence-corrected chi connectivity index (χ4v) is 1.50. The zero-order valence-corrected chi connectivity index (χ0v) is 8.28. The van der Waals surface area contributed by atoms with E-state index < -0.39 is 6.16 Å². The number of ether oxygens (including phenoxy) is 3. The van der Waals surface area contributed by atoms with Crippen LogP contribution in [0, 0.1) is 0 Å². The number of fused-ring (bicyclic) bond motifs is 1. The molecule has 0 aliphatic carbocycles. The van der Waals surface area contributed by atoms with Gasteiger partial charge >= 0.3 is 6.16 Å². The smallest absolute Gasteiger partial charge is 0.486 e. The third-order valence-corrected chi connectivity index (χ3v) is 2.06. The lowest BCUT2D eigenvalue weighted by atomic mass is 10.3. The van der Waals surface area contributed by atoms with E-state index in [2.05, 4.69) is 4.74 Å². The third kappa shape index (κ3) is 2.07. The van der Waals surface area contributed by atoms with Gasteiger partial charge in [-0.15, -0.1) is 0 Å². The molecule has 0 atom stereocenters. The number of benzene rings is 1. The van der Waals surface area contributed by atoms with Gasteiger partial charge in [-0.1, -0.05) is 11.6 Å². The van der Waals surface area contributed by atoms with E-state index in [1.54, 1.807) is 0 Å². The van der Waals surface area contributed by atoms with Gasteiger partial charge in [0.1, 0.15) is 19.0 Å². The van der Waals surface area contributed by atoms with Crippen LogP contribution in [0.15, 0.2) is 12.1 Å². The van der Waals surface area contributed by atoms with E-state index in [1.165, 1.54) is 12.1 Å². The largest absolute Gasteiger partial charge is 0.511 e. The van der Waals surface area contributed by atoms with Gasteiger partial charge in [0.25, 0.3) is 0 Å². The number of carbonyl (C=O) groups is 1. The second-order valence-corrected chi connectivity index (χ2v) is 3.20. The number of halogens is 1. The molecule has 0 amide bonds. The predicted molar refractivity (Wildman–Crippen MR) is 51.1 cm³/mol. The van der Waals surface area contributed by atoms with Crippen LogP contribution in [-0.2, 0) is 0 Å². The van der Waals surface area contributed by atoms with Crippen LogP contribution >= 0.6 is 11.6 Å². The molecular formula is C9H7ClO5. The normalized spacial score (nSPS) is 13.4. The van der Waals surface area contributed by atoms with E-state index in [0.717, 1.165) is 0 Å². The maximum absolute atomic E-state index is 10.3. The van der Waals surface area contributed by atoms with Crippen molar-refractivity contribution in [2.45, 2.75) is 0 Å². The van der Waals surface area contributed by atoms with Crippen LogP contribution in [0.1, 0.15) is 0 Å². The van der Waals surface area contributed by atoms with E-state index in [4.69, 9.17) is 26.2 Å². The Morgan fingerprint density at radius 2 is 2.13 bits per heavy atom. The van der Waals surface area contributed by atoms with Crippen molar-refractivity contribution in [3.63, 3.8) is 0 Å². The fraction of sp³-hybridized carbons (Fsp3) is 0.222. The van der Waals surface area contributed by atoms with E-state index >= 15 is 0 Å². The highest BCUT2D eigenvalue weighted by Gasteiger charge is 2.18. The van der Waals surface area contributed by atoms with Gasteiger partial charge in [-0.25, -0.2) is 4.79 Å². The van der Waals surface area contributed by atoms with E-state index in [9.17, 15) is 4.79 Å². The molecule has 0 bridgehead atoms. The molecule has 0 fully saturated rings. The second-order valence-electron chi connectivity index (χ2n) is 2.80. The number of hydrogen-bond donors (Lipinski definition) is 1. The summed E-state index contributed by atoms with van der Waals surface area (Å²) in [6.45, 7) is 0.825. The summed E-state index contributed by atoms with van der Waals surface area (Å²) in [6.07, 6.45) is -1.40. The number of hydrogen-bond acceptors (Lipinski definition) is 4. The van der Waals surface area contributed by atoms with Gasteiger partial charge in [0.2, 0.25) is 0 Å². The average molecular weight is 231 g/mol. The monoisotopic (exact) mass is 230 g/mol. The molecule has 0 spiro atoms. The molecule has 0 radical (unpaired) electrons. The Balaban J connectivity index is 2.36. The third-order valence-electron chi connectivity index (χ3n) is 1.78. The van der Waals surface area contributed by atoms with Crippen LogP contribution in [0.3, 0.4) is 0 Å². The molecule has 15 heavy (non-hydrogen) atoms. The van der Waals surface area contributed by atoms with Crippen molar-refractivity contribution >= 4 is 17.8 Å². The van der Waals surface area contributed by atoms with Crippen molar-refractivity contribution in [1.29, 1.82) is 0 Å². The minimum Gasteiger partial charge on any atom is -0.486 e. The molecule has 0 saturated carbocycles. The van der Waals surface area contributed by atoms with Gasteiger partial charge in [-0.3, -0.25) is 0 Å². The molecule has 0 aromatic heterocycles. The highest BCUT2D eigenvalue weighted by atomic mass is 35.5. The maximum Gasteiger partial charge on any atom is 0.511 e. The molecule has 1 aliphatic rings. The van der Waals surface area contributed by atoms with Crippen molar-refractivity contribution in [3.05, 3.63) is 17.2 Å². The van der Waals surface area contributed by atoms with Crippen molar-refractivity contribution < 1.29 is 24.1 Å². The van der Waals surface area contributed by atoms with Gasteiger partial charge in [0.05, 0.1) is 5.02 Å². The summed E-state index contributed by atoms with van der Waals surface area (Å²) in [5.41, 5.74) is 0. The Labute approximate surface area is 90.1 Å². The lowest BCUT2D eigenvalue weighted by molar-refractivity contribution is 0.143. The van der Waals surface area contributed by atoms with Crippen LogP contribution in [0.25, 0.3) is 0 Å². The molecule has 1 aromatic rings. The first-order valence-electron chi connectivity index (χ1n) is 4.17. The quantitative estimate of drug-likeness (QED) is 0.592. The summed E-state index contributed by atoms with van der Waals surface area (Å²) in [6, 6.07) is 2.79.